The molecular weight excluding hydrogens is 272 g/mol. The minimum Gasteiger partial charge on any atom is -0.481 e. The molecule has 1 amide bonds. The molecule has 2 unspecified atom stereocenters. The number of carboxylic acids is 1. The number of carboxylic acid groups (broad SMARTS) is 1. The van der Waals surface area contributed by atoms with E-state index in [-0.39, 0.29) is 5.91 Å². The monoisotopic (exact) mass is 286 g/mol. The Morgan fingerprint density at radius 3 is 2.62 bits per heavy atom. The highest BCUT2D eigenvalue weighted by atomic mass is 16.4. The molecule has 0 bridgehead atoms. The van der Waals surface area contributed by atoms with Crippen molar-refractivity contribution in [2.75, 3.05) is 5.32 Å². The average molecular weight is 286 g/mol. The van der Waals surface area contributed by atoms with E-state index in [0.717, 1.165) is 0 Å². The number of nitrogens with zero attached hydrogens (tertiary/aromatic N) is 3. The second-order valence-corrected chi connectivity index (χ2v) is 4.97. The molecule has 3 rings (SSSR count). The first-order chi connectivity index (χ1) is 10.1. The van der Waals surface area contributed by atoms with Crippen molar-refractivity contribution in [3.05, 3.63) is 36.8 Å². The fraction of sp³-hybridized carbons (Fsp3) is 0.286. The van der Waals surface area contributed by atoms with Crippen molar-refractivity contribution >= 4 is 17.6 Å². The van der Waals surface area contributed by atoms with E-state index < -0.39 is 17.8 Å². The lowest BCUT2D eigenvalue weighted by Gasteiger charge is -2.31. The van der Waals surface area contributed by atoms with Crippen LogP contribution in [-0.4, -0.2) is 31.7 Å². The zero-order valence-corrected chi connectivity index (χ0v) is 11.1. The van der Waals surface area contributed by atoms with Gasteiger partial charge in [-0.2, -0.15) is 5.10 Å². The summed E-state index contributed by atoms with van der Waals surface area (Å²) < 4.78 is 1.61. The Morgan fingerprint density at radius 1 is 1.29 bits per heavy atom. The molecule has 0 spiro atoms. The maximum absolute atomic E-state index is 12.0. The smallest absolute Gasteiger partial charge is 0.307 e. The van der Waals surface area contributed by atoms with Crippen LogP contribution < -0.4 is 5.32 Å². The Balaban J connectivity index is 1.65. The Bertz CT molecular complexity index is 651. The number of pyridine rings is 1. The fourth-order valence-corrected chi connectivity index (χ4v) is 2.34. The lowest BCUT2D eigenvalue weighted by Crippen LogP contribution is -2.41. The van der Waals surface area contributed by atoms with Crippen LogP contribution in [0.1, 0.15) is 12.8 Å². The third-order valence-electron chi connectivity index (χ3n) is 3.68. The quantitative estimate of drug-likeness (QED) is 0.883. The number of anilines is 1. The Labute approximate surface area is 120 Å². The molecule has 7 nitrogen and oxygen atoms in total. The highest BCUT2D eigenvalue weighted by molar-refractivity contribution is 5.95. The van der Waals surface area contributed by atoms with Crippen molar-refractivity contribution < 1.29 is 14.7 Å². The van der Waals surface area contributed by atoms with E-state index in [1.165, 1.54) is 6.20 Å². The van der Waals surface area contributed by atoms with Crippen LogP contribution in [0.3, 0.4) is 0 Å². The van der Waals surface area contributed by atoms with Gasteiger partial charge in [-0.3, -0.25) is 9.59 Å². The van der Waals surface area contributed by atoms with Crippen LogP contribution >= 0.6 is 0 Å². The molecule has 2 aromatic rings. The lowest BCUT2D eigenvalue weighted by molar-refractivity contribution is -0.151. The second kappa shape index (κ2) is 5.35. The normalized spacial score (nSPS) is 20.6. The summed E-state index contributed by atoms with van der Waals surface area (Å²) in [6.45, 7) is 0. The van der Waals surface area contributed by atoms with Gasteiger partial charge in [-0.25, -0.2) is 9.67 Å². The van der Waals surface area contributed by atoms with Gasteiger partial charge in [0.1, 0.15) is 0 Å². The summed E-state index contributed by atoms with van der Waals surface area (Å²) in [4.78, 5) is 27.1. The third-order valence-corrected chi connectivity index (χ3v) is 3.68. The molecule has 1 aliphatic carbocycles. The Kier molecular flexibility index (Phi) is 3.39. The van der Waals surface area contributed by atoms with Crippen molar-refractivity contribution in [2.45, 2.75) is 12.8 Å². The van der Waals surface area contributed by atoms with Crippen LogP contribution in [0.15, 0.2) is 36.8 Å². The summed E-state index contributed by atoms with van der Waals surface area (Å²) in [5.74, 6) is -1.55. The van der Waals surface area contributed by atoms with Crippen molar-refractivity contribution in [3.63, 3.8) is 0 Å². The number of carbonyl (C=O) groups excluding carboxylic acids is 1. The second-order valence-electron chi connectivity index (χ2n) is 4.97. The van der Waals surface area contributed by atoms with Crippen LogP contribution in [0.25, 0.3) is 5.82 Å². The van der Waals surface area contributed by atoms with E-state index in [1.807, 2.05) is 0 Å². The minimum atomic E-state index is -0.909. The van der Waals surface area contributed by atoms with Crippen molar-refractivity contribution in [1.82, 2.24) is 14.8 Å². The number of aromatic nitrogens is 3. The summed E-state index contributed by atoms with van der Waals surface area (Å²) >= 11 is 0. The third kappa shape index (κ3) is 2.62. The Morgan fingerprint density at radius 2 is 2.10 bits per heavy atom. The first-order valence-electron chi connectivity index (χ1n) is 6.65. The largest absolute Gasteiger partial charge is 0.481 e. The van der Waals surface area contributed by atoms with E-state index in [9.17, 15) is 9.59 Å². The summed E-state index contributed by atoms with van der Waals surface area (Å²) in [5.41, 5.74) is 0.548. The molecule has 0 radical (unpaired) electrons. The van der Waals surface area contributed by atoms with Gasteiger partial charge in [-0.15, -0.1) is 0 Å². The van der Waals surface area contributed by atoms with Crippen molar-refractivity contribution in [1.29, 1.82) is 0 Å². The molecule has 21 heavy (non-hydrogen) atoms. The fourth-order valence-electron chi connectivity index (χ4n) is 2.34. The molecule has 1 aliphatic rings. The molecule has 2 N–H and O–H groups in total. The number of hydrogen-bond donors (Lipinski definition) is 2. The summed E-state index contributed by atoms with van der Waals surface area (Å²) in [5, 5.41) is 15.7. The zero-order chi connectivity index (χ0) is 14.8. The van der Waals surface area contributed by atoms with E-state index in [4.69, 9.17) is 5.11 Å². The van der Waals surface area contributed by atoms with Gasteiger partial charge in [0.2, 0.25) is 5.91 Å². The van der Waals surface area contributed by atoms with Gasteiger partial charge >= 0.3 is 5.97 Å². The molecule has 2 heterocycles. The van der Waals surface area contributed by atoms with Crippen LogP contribution in [0.4, 0.5) is 5.69 Å². The average Bonchev–Trinajstić information content (AvgIpc) is 2.91. The standard InChI is InChI=1S/C14H14N4O3/c19-13(10-3-4-11(10)14(20)21)17-9-2-5-12(15-8-9)18-7-1-6-16-18/h1-2,5-8,10-11H,3-4H2,(H,17,19)(H,20,21). The molecule has 0 aliphatic heterocycles. The Hall–Kier alpha value is -2.70. The van der Waals surface area contributed by atoms with Crippen LogP contribution in [-0.2, 0) is 9.59 Å². The number of amides is 1. The molecule has 0 saturated heterocycles. The van der Waals surface area contributed by atoms with Crippen LogP contribution in [0, 0.1) is 11.8 Å². The van der Waals surface area contributed by atoms with Gasteiger partial charge in [-0.05, 0) is 31.0 Å². The number of rotatable bonds is 4. The number of hydrogen-bond acceptors (Lipinski definition) is 4. The highest BCUT2D eigenvalue weighted by Gasteiger charge is 2.41. The number of aliphatic carboxylic acids is 1. The maximum Gasteiger partial charge on any atom is 0.307 e. The van der Waals surface area contributed by atoms with E-state index in [1.54, 1.807) is 35.3 Å². The first kappa shape index (κ1) is 13.3. The minimum absolute atomic E-state index is 0.262. The van der Waals surface area contributed by atoms with E-state index >= 15 is 0 Å². The maximum atomic E-state index is 12.0. The predicted octanol–water partition coefficient (Wildman–Crippen LogP) is 1.32. The number of carbonyl (C=O) groups is 2. The topological polar surface area (TPSA) is 97.1 Å². The number of nitrogens with one attached hydrogen (secondary N) is 1. The van der Waals surface area contributed by atoms with Crippen molar-refractivity contribution in [2.24, 2.45) is 11.8 Å². The van der Waals surface area contributed by atoms with Crippen LogP contribution in [0.5, 0.6) is 0 Å². The van der Waals surface area contributed by atoms with E-state index in [2.05, 4.69) is 15.4 Å². The molecule has 1 fully saturated rings. The van der Waals surface area contributed by atoms with Crippen LogP contribution in [0.2, 0.25) is 0 Å². The molecule has 2 atom stereocenters. The van der Waals surface area contributed by atoms with Gasteiger partial charge in [0.25, 0.3) is 0 Å². The van der Waals surface area contributed by atoms with Gasteiger partial charge in [0, 0.05) is 12.4 Å². The first-order valence-corrected chi connectivity index (χ1v) is 6.65. The summed E-state index contributed by atoms with van der Waals surface area (Å²) in [7, 11) is 0. The molecule has 108 valence electrons. The van der Waals surface area contributed by atoms with Crippen molar-refractivity contribution in [3.8, 4) is 5.82 Å². The summed E-state index contributed by atoms with van der Waals surface area (Å²) in [6, 6.07) is 5.24. The predicted molar refractivity (Wildman–Crippen MR) is 73.8 cm³/mol. The molecule has 2 aromatic heterocycles. The van der Waals surface area contributed by atoms with Gasteiger partial charge < -0.3 is 10.4 Å². The molecule has 1 saturated carbocycles. The zero-order valence-electron chi connectivity index (χ0n) is 11.1. The van der Waals surface area contributed by atoms with Gasteiger partial charge in [0.05, 0.1) is 23.7 Å². The molecule has 7 heteroatoms. The van der Waals surface area contributed by atoms with Gasteiger partial charge in [0.15, 0.2) is 5.82 Å². The van der Waals surface area contributed by atoms with Gasteiger partial charge in [-0.1, -0.05) is 0 Å². The van der Waals surface area contributed by atoms with E-state index in [0.29, 0.717) is 24.3 Å². The molecule has 0 aromatic carbocycles. The SMILES string of the molecule is O=C(O)C1CCC1C(=O)Nc1ccc(-n2cccn2)nc1. The molecular formula is C14H14N4O3. The lowest BCUT2D eigenvalue weighted by atomic mass is 9.73. The highest BCUT2D eigenvalue weighted by Crippen LogP contribution is 2.35. The summed E-state index contributed by atoms with van der Waals surface area (Å²) in [6.07, 6.45) is 6.13.